The van der Waals surface area contributed by atoms with Crippen LogP contribution in [-0.2, 0) is 11.4 Å². The Kier molecular flexibility index (Phi) is 3.15. The lowest BCUT2D eigenvalue weighted by atomic mass is 10.2. The van der Waals surface area contributed by atoms with Crippen LogP contribution in [-0.4, -0.2) is 6.34 Å². The zero-order valence-corrected chi connectivity index (χ0v) is 6.00. The highest BCUT2D eigenvalue weighted by molar-refractivity contribution is 5.47. The van der Waals surface area contributed by atoms with Gasteiger partial charge >= 0.3 is 0 Å². The van der Waals surface area contributed by atoms with Crippen molar-refractivity contribution in [3.63, 3.8) is 0 Å². The van der Waals surface area contributed by atoms with E-state index in [1.165, 1.54) is 0 Å². The van der Waals surface area contributed by atoms with Gasteiger partial charge in [-0.25, -0.2) is 5.48 Å². The molecule has 0 unspecified atom stereocenters. The second-order valence-corrected chi connectivity index (χ2v) is 2.00. The number of hydrogen-bond acceptors (Lipinski definition) is 2. The van der Waals surface area contributed by atoms with E-state index in [-0.39, 0.29) is 0 Å². The average molecular weight is 149 g/mol. The van der Waals surface area contributed by atoms with Crippen molar-refractivity contribution in [2.45, 2.75) is 6.61 Å². The first kappa shape index (κ1) is 7.75. The molecule has 0 bridgehead atoms. The molecule has 0 aromatic heterocycles. The zero-order chi connectivity index (χ0) is 7.94. The monoisotopic (exact) mass is 149 g/mol. The summed E-state index contributed by atoms with van der Waals surface area (Å²) >= 11 is 0. The predicted octanol–water partition coefficient (Wildman–Crippen LogP) is 1.19. The number of rotatable bonds is 4. The van der Waals surface area contributed by atoms with Crippen LogP contribution in [0.3, 0.4) is 0 Å². The van der Waals surface area contributed by atoms with E-state index in [1.807, 2.05) is 36.7 Å². The summed E-state index contributed by atoms with van der Waals surface area (Å²) in [5, 5.41) is 6.48. The molecule has 1 rings (SSSR count). The molecule has 3 nitrogen and oxygen atoms in total. The summed E-state index contributed by atoms with van der Waals surface area (Å²) in [6, 6.07) is 9.72. The van der Waals surface area contributed by atoms with E-state index in [4.69, 9.17) is 10.2 Å². The first-order valence-corrected chi connectivity index (χ1v) is 3.26. The van der Waals surface area contributed by atoms with E-state index in [2.05, 4.69) is 5.48 Å². The fraction of sp³-hybridized carbons (Fsp3) is 0.125. The van der Waals surface area contributed by atoms with Crippen molar-refractivity contribution < 1.29 is 4.84 Å². The fourth-order valence-electron chi connectivity index (χ4n) is 0.730. The van der Waals surface area contributed by atoms with Crippen molar-refractivity contribution in [2.75, 3.05) is 0 Å². The van der Waals surface area contributed by atoms with Gasteiger partial charge in [0.2, 0.25) is 0 Å². The Balaban J connectivity index is 2.33. The van der Waals surface area contributed by atoms with E-state index in [0.29, 0.717) is 6.61 Å². The van der Waals surface area contributed by atoms with Crippen LogP contribution in [0, 0.1) is 5.41 Å². The number of benzene rings is 1. The maximum Gasteiger partial charge on any atom is 0.187 e. The SMILES string of the molecule is N=[C]NOCc1ccccc1. The van der Waals surface area contributed by atoms with Gasteiger partial charge in [0.15, 0.2) is 6.34 Å². The third-order valence-corrected chi connectivity index (χ3v) is 1.20. The van der Waals surface area contributed by atoms with Crippen LogP contribution >= 0.6 is 0 Å². The molecule has 0 amide bonds. The van der Waals surface area contributed by atoms with Gasteiger partial charge in [0.25, 0.3) is 0 Å². The van der Waals surface area contributed by atoms with Crippen molar-refractivity contribution in [2.24, 2.45) is 0 Å². The molecule has 3 heteroatoms. The first-order valence-electron chi connectivity index (χ1n) is 3.26. The standard InChI is InChI=1S/C8H9N2O/c9-7-10-11-6-8-4-2-1-3-5-8/h1-5H,6H2,(H2,9,10). The van der Waals surface area contributed by atoms with Crippen LogP contribution in [0.5, 0.6) is 0 Å². The molecular weight excluding hydrogens is 140 g/mol. The molecule has 0 atom stereocenters. The molecule has 11 heavy (non-hydrogen) atoms. The fourth-order valence-corrected chi connectivity index (χ4v) is 0.730. The molecule has 0 heterocycles. The molecule has 0 aliphatic carbocycles. The van der Waals surface area contributed by atoms with Crippen molar-refractivity contribution >= 4 is 6.34 Å². The Labute approximate surface area is 65.5 Å². The summed E-state index contributed by atoms with van der Waals surface area (Å²) in [4.78, 5) is 4.82. The van der Waals surface area contributed by atoms with Gasteiger partial charge in [-0.3, -0.25) is 10.2 Å². The number of hydroxylamine groups is 1. The summed E-state index contributed by atoms with van der Waals surface area (Å²) < 4.78 is 0. The number of nitrogens with one attached hydrogen (secondary N) is 2. The molecule has 57 valence electrons. The lowest BCUT2D eigenvalue weighted by Gasteiger charge is -1.99. The van der Waals surface area contributed by atoms with Crippen LogP contribution < -0.4 is 5.48 Å². The molecular formula is C8H9N2O. The molecule has 2 N–H and O–H groups in total. The minimum atomic E-state index is 0.451. The maximum atomic E-state index is 6.48. The van der Waals surface area contributed by atoms with Gasteiger partial charge < -0.3 is 0 Å². The molecule has 1 aromatic rings. The molecule has 1 radical (unpaired) electrons. The normalized spacial score (nSPS) is 9.09. The van der Waals surface area contributed by atoms with Crippen LogP contribution in [0.2, 0.25) is 0 Å². The highest BCUT2D eigenvalue weighted by atomic mass is 16.6. The van der Waals surface area contributed by atoms with Crippen LogP contribution in [0.25, 0.3) is 0 Å². The van der Waals surface area contributed by atoms with Gasteiger partial charge in [-0.15, -0.1) is 0 Å². The highest BCUT2D eigenvalue weighted by Crippen LogP contribution is 1.98. The molecule has 0 fully saturated rings. The van der Waals surface area contributed by atoms with Crippen molar-refractivity contribution in [3.8, 4) is 0 Å². The van der Waals surface area contributed by atoms with Crippen molar-refractivity contribution in [1.82, 2.24) is 5.48 Å². The predicted molar refractivity (Wildman–Crippen MR) is 42.1 cm³/mol. The van der Waals surface area contributed by atoms with Gasteiger partial charge in [-0.05, 0) is 5.56 Å². The van der Waals surface area contributed by atoms with Gasteiger partial charge in [0, 0.05) is 0 Å². The molecule has 0 aliphatic rings. The number of hydrogen-bond donors (Lipinski definition) is 2. The summed E-state index contributed by atoms with van der Waals surface area (Å²) in [5.41, 5.74) is 3.28. The Morgan fingerprint density at radius 1 is 1.36 bits per heavy atom. The van der Waals surface area contributed by atoms with Gasteiger partial charge in [-0.1, -0.05) is 30.3 Å². The van der Waals surface area contributed by atoms with Crippen molar-refractivity contribution in [1.29, 1.82) is 5.41 Å². The molecule has 0 saturated carbocycles. The molecule has 0 spiro atoms. The Bertz CT molecular complexity index is 211. The second-order valence-electron chi connectivity index (χ2n) is 2.00. The Morgan fingerprint density at radius 2 is 2.09 bits per heavy atom. The molecule has 0 saturated heterocycles. The summed E-state index contributed by atoms with van der Waals surface area (Å²) in [6.45, 7) is 0.451. The lowest BCUT2D eigenvalue weighted by molar-refractivity contribution is 0.0741. The summed E-state index contributed by atoms with van der Waals surface area (Å²) in [6.07, 6.45) is 1.92. The van der Waals surface area contributed by atoms with E-state index >= 15 is 0 Å². The summed E-state index contributed by atoms with van der Waals surface area (Å²) in [7, 11) is 0. The van der Waals surface area contributed by atoms with Crippen molar-refractivity contribution in [3.05, 3.63) is 35.9 Å². The Morgan fingerprint density at radius 3 is 2.73 bits per heavy atom. The maximum absolute atomic E-state index is 6.48. The molecule has 1 aromatic carbocycles. The minimum absolute atomic E-state index is 0.451. The van der Waals surface area contributed by atoms with Crippen LogP contribution in [0.4, 0.5) is 0 Å². The van der Waals surface area contributed by atoms with Crippen LogP contribution in [0.1, 0.15) is 5.56 Å². The van der Waals surface area contributed by atoms with E-state index in [1.54, 1.807) is 0 Å². The first-order chi connectivity index (χ1) is 5.43. The largest absolute Gasteiger partial charge is 0.280 e. The third kappa shape index (κ3) is 2.82. The average Bonchev–Trinajstić information content (AvgIpc) is 2.07. The van der Waals surface area contributed by atoms with Crippen LogP contribution in [0.15, 0.2) is 30.3 Å². The van der Waals surface area contributed by atoms with E-state index in [0.717, 1.165) is 5.56 Å². The quantitative estimate of drug-likeness (QED) is 0.222. The van der Waals surface area contributed by atoms with E-state index in [9.17, 15) is 0 Å². The van der Waals surface area contributed by atoms with E-state index < -0.39 is 0 Å². The Hall–Kier alpha value is -1.35. The smallest absolute Gasteiger partial charge is 0.187 e. The minimum Gasteiger partial charge on any atom is -0.280 e. The topological polar surface area (TPSA) is 45.1 Å². The van der Waals surface area contributed by atoms with Gasteiger partial charge in [0.1, 0.15) is 0 Å². The highest BCUT2D eigenvalue weighted by Gasteiger charge is 1.88. The van der Waals surface area contributed by atoms with Gasteiger partial charge in [-0.2, -0.15) is 0 Å². The third-order valence-electron chi connectivity index (χ3n) is 1.20. The molecule has 0 aliphatic heterocycles. The summed E-state index contributed by atoms with van der Waals surface area (Å²) in [5.74, 6) is 0. The zero-order valence-electron chi connectivity index (χ0n) is 6.00. The second kappa shape index (κ2) is 4.46. The van der Waals surface area contributed by atoms with Gasteiger partial charge in [0.05, 0.1) is 6.61 Å². The lowest BCUT2D eigenvalue weighted by Crippen LogP contribution is -2.10.